The Kier molecular flexibility index (Phi) is 33.3. The second-order valence-electron chi connectivity index (χ2n) is 20.0. The molecule has 0 aliphatic carbocycles. The Morgan fingerprint density at radius 1 is 0.396 bits per heavy atom. The van der Waals surface area contributed by atoms with Crippen molar-refractivity contribution in [3.8, 4) is 0 Å². The van der Waals surface area contributed by atoms with Crippen LogP contribution in [0.3, 0.4) is 0 Å². The molecule has 0 radical (unpaired) electrons. The summed E-state index contributed by atoms with van der Waals surface area (Å²) in [5.41, 5.74) is 1.90. The fourth-order valence-corrected chi connectivity index (χ4v) is 3.20. The van der Waals surface area contributed by atoms with Gasteiger partial charge < -0.3 is 33.7 Å². The van der Waals surface area contributed by atoms with E-state index < -0.39 is 0 Å². The van der Waals surface area contributed by atoms with Gasteiger partial charge in [0, 0.05) is 26.9 Å². The zero-order chi connectivity index (χ0) is 38.6. The van der Waals surface area contributed by atoms with Crippen LogP contribution < -0.4 is 5.32 Å². The molecule has 0 aliphatic heterocycles. The highest BCUT2D eigenvalue weighted by Crippen LogP contribution is 2.19. The van der Waals surface area contributed by atoms with E-state index in [1.807, 2.05) is 6.92 Å². The second kappa shape index (κ2) is 29.3. The number of nitrogens with one attached hydrogen (secondary N) is 1. The maximum absolute atomic E-state index is 5.56. The summed E-state index contributed by atoms with van der Waals surface area (Å²) in [6.45, 7) is 52.1. The van der Waals surface area contributed by atoms with Crippen molar-refractivity contribution in [2.75, 3.05) is 92.9 Å². The van der Waals surface area contributed by atoms with Crippen molar-refractivity contribution < 1.29 is 28.4 Å². The molecule has 0 amide bonds. The van der Waals surface area contributed by atoms with Crippen LogP contribution >= 0.6 is 0 Å². The van der Waals surface area contributed by atoms with Gasteiger partial charge in [-0.1, -0.05) is 125 Å². The minimum absolute atomic E-state index is 0.232. The lowest BCUT2D eigenvalue weighted by Gasteiger charge is -2.23. The van der Waals surface area contributed by atoms with Gasteiger partial charge in [-0.3, -0.25) is 0 Å². The van der Waals surface area contributed by atoms with Crippen LogP contribution in [0.25, 0.3) is 0 Å². The molecule has 0 heterocycles. The van der Waals surface area contributed by atoms with Gasteiger partial charge in [0.2, 0.25) is 0 Å². The van der Waals surface area contributed by atoms with Gasteiger partial charge in [-0.2, -0.15) is 0 Å². The molecule has 1 N–H and O–H groups in total. The van der Waals surface area contributed by atoms with E-state index in [1.165, 1.54) is 0 Å². The molecule has 296 valence electrons. The minimum Gasteiger partial charge on any atom is -0.384 e. The average molecular weight is 694 g/mol. The predicted octanol–water partition coefficient (Wildman–Crippen LogP) is 10.3. The summed E-state index contributed by atoms with van der Waals surface area (Å²) in [7, 11) is 1.73. The Hall–Kier alpha value is -0.280. The van der Waals surface area contributed by atoms with E-state index in [0.29, 0.717) is 53.5 Å². The summed E-state index contributed by atoms with van der Waals surface area (Å²) in [4.78, 5) is 0. The highest BCUT2D eigenvalue weighted by Gasteiger charge is 2.15. The van der Waals surface area contributed by atoms with E-state index in [4.69, 9.17) is 28.4 Å². The smallest absolute Gasteiger partial charge is 0.0701 e. The molecule has 0 spiro atoms. The first-order valence-electron chi connectivity index (χ1n) is 18.6. The van der Waals surface area contributed by atoms with Crippen LogP contribution in [-0.2, 0) is 28.4 Å². The normalized spacial score (nSPS) is 12.8. The number of methoxy groups -OCH3 is 1. The van der Waals surface area contributed by atoms with Gasteiger partial charge in [0.1, 0.15) is 0 Å². The Bertz CT molecular complexity index is 619. The minimum atomic E-state index is 0.232. The van der Waals surface area contributed by atoms with E-state index in [0.717, 1.165) is 72.2 Å². The van der Waals surface area contributed by atoms with E-state index in [9.17, 15) is 0 Å². The summed E-state index contributed by atoms with van der Waals surface area (Å²) in [5.74, 6) is 0. The van der Waals surface area contributed by atoms with E-state index in [2.05, 4.69) is 130 Å². The average Bonchev–Trinajstić information content (AvgIpc) is 2.84. The molecule has 7 nitrogen and oxygen atoms in total. The maximum Gasteiger partial charge on any atom is 0.0701 e. The van der Waals surface area contributed by atoms with Gasteiger partial charge in [-0.15, -0.1) is 0 Å². The van der Waals surface area contributed by atoms with Crippen LogP contribution in [0, 0.1) is 32.5 Å². The van der Waals surface area contributed by atoms with Crippen LogP contribution in [-0.4, -0.2) is 92.9 Å². The van der Waals surface area contributed by atoms with Crippen LogP contribution in [0.5, 0.6) is 0 Å². The highest BCUT2D eigenvalue weighted by molar-refractivity contribution is 4.65. The molecule has 48 heavy (non-hydrogen) atoms. The first kappa shape index (κ1) is 54.5. The third kappa shape index (κ3) is 71.7. The molecule has 0 rings (SSSR count). The van der Waals surface area contributed by atoms with Crippen LogP contribution in [0.1, 0.15) is 144 Å². The number of hydrogen-bond donors (Lipinski definition) is 1. The molecule has 0 unspecified atom stereocenters. The second-order valence-corrected chi connectivity index (χ2v) is 20.0. The molecular formula is C41H91NO6. The third-order valence-electron chi connectivity index (χ3n) is 5.42. The van der Waals surface area contributed by atoms with Crippen molar-refractivity contribution in [2.45, 2.75) is 144 Å². The van der Waals surface area contributed by atoms with Gasteiger partial charge in [-0.25, -0.2) is 0 Å². The lowest BCUT2D eigenvalue weighted by atomic mass is 9.93. The molecule has 0 atom stereocenters. The molecule has 7 heteroatoms. The first-order valence-corrected chi connectivity index (χ1v) is 18.6. The standard InChI is InChI=1S/C15H32O3.C10H23NO.C10H22O.C6H14O/c1-14(2,3)7-8-16-9-10-17-11-12-18-13-15(4,5)6;1-5-12-8-6-7-11-9-10(2,3)4;1-9(2,3)7-11-8-10(4,5)6;1-6(2,3)5-7-4/h7-13H2,1-6H3;11H,5-9H2,1-4H3;7-8H2,1-6H3;5H2,1-4H3. The zero-order valence-corrected chi connectivity index (χ0v) is 36.6. The number of ether oxygens (including phenoxy) is 6. The summed E-state index contributed by atoms with van der Waals surface area (Å²) in [5, 5.41) is 3.40. The van der Waals surface area contributed by atoms with Gasteiger partial charge in [0.15, 0.2) is 0 Å². The van der Waals surface area contributed by atoms with E-state index >= 15 is 0 Å². The molecule has 0 aliphatic rings. The lowest BCUT2D eigenvalue weighted by Crippen LogP contribution is -2.28. The molecular weight excluding hydrogens is 602 g/mol. The Balaban J connectivity index is -0.000000284. The fraction of sp³-hybridized carbons (Fsp3) is 1.00. The Morgan fingerprint density at radius 3 is 1.12 bits per heavy atom. The largest absolute Gasteiger partial charge is 0.384 e. The highest BCUT2D eigenvalue weighted by atomic mass is 16.5. The lowest BCUT2D eigenvalue weighted by molar-refractivity contribution is -0.00324. The number of rotatable bonds is 18. The Labute approximate surface area is 303 Å². The number of hydrogen-bond acceptors (Lipinski definition) is 7. The summed E-state index contributed by atoms with van der Waals surface area (Å²) in [6, 6.07) is 0. The fourth-order valence-electron chi connectivity index (χ4n) is 3.20. The molecule has 0 fully saturated rings. The van der Waals surface area contributed by atoms with Crippen molar-refractivity contribution in [2.24, 2.45) is 32.5 Å². The molecule has 0 saturated heterocycles. The SMILES string of the molecule is CC(C)(C)CCOCCOCCOCC(C)(C)C.CC(C)(C)COCC(C)(C)C.CCOCCCNCC(C)(C)C.COCC(C)(C)C. The molecule has 0 aromatic rings. The zero-order valence-electron chi connectivity index (χ0n) is 36.6. The van der Waals surface area contributed by atoms with Crippen molar-refractivity contribution >= 4 is 0 Å². The van der Waals surface area contributed by atoms with Crippen molar-refractivity contribution in [3.63, 3.8) is 0 Å². The Morgan fingerprint density at radius 2 is 0.792 bits per heavy atom. The molecule has 0 aromatic carbocycles. The van der Waals surface area contributed by atoms with Crippen molar-refractivity contribution in [1.29, 1.82) is 0 Å². The van der Waals surface area contributed by atoms with Gasteiger partial charge in [0.05, 0.1) is 52.9 Å². The maximum atomic E-state index is 5.56. The topological polar surface area (TPSA) is 67.4 Å². The van der Waals surface area contributed by atoms with Gasteiger partial charge in [0.25, 0.3) is 0 Å². The molecule has 0 aromatic heterocycles. The van der Waals surface area contributed by atoms with E-state index in [1.54, 1.807) is 7.11 Å². The van der Waals surface area contributed by atoms with E-state index in [-0.39, 0.29) is 5.41 Å². The first-order chi connectivity index (χ1) is 21.5. The van der Waals surface area contributed by atoms with Gasteiger partial charge >= 0.3 is 0 Å². The summed E-state index contributed by atoms with van der Waals surface area (Å²) >= 11 is 0. The summed E-state index contributed by atoms with van der Waals surface area (Å²) < 4.78 is 32.1. The van der Waals surface area contributed by atoms with Crippen LogP contribution in [0.2, 0.25) is 0 Å². The predicted molar refractivity (Wildman–Crippen MR) is 210 cm³/mol. The van der Waals surface area contributed by atoms with Gasteiger partial charge in [-0.05, 0) is 65.3 Å². The quantitative estimate of drug-likeness (QED) is 0.143. The molecule has 0 saturated carbocycles. The monoisotopic (exact) mass is 694 g/mol. The van der Waals surface area contributed by atoms with Crippen molar-refractivity contribution in [1.82, 2.24) is 5.32 Å². The van der Waals surface area contributed by atoms with Crippen LogP contribution in [0.15, 0.2) is 0 Å². The van der Waals surface area contributed by atoms with Crippen molar-refractivity contribution in [3.05, 3.63) is 0 Å². The van der Waals surface area contributed by atoms with Crippen LogP contribution in [0.4, 0.5) is 0 Å². The summed E-state index contributed by atoms with van der Waals surface area (Å²) in [6.07, 6.45) is 2.20. The third-order valence-corrected chi connectivity index (χ3v) is 5.42. The molecule has 0 bridgehead atoms.